The summed E-state index contributed by atoms with van der Waals surface area (Å²) in [7, 11) is 0. The Labute approximate surface area is 129 Å². The zero-order chi connectivity index (χ0) is 14.9. The molecule has 2 fully saturated rings. The summed E-state index contributed by atoms with van der Waals surface area (Å²) in [4.78, 5) is 16.5. The molecule has 0 bridgehead atoms. The molecule has 0 N–H and O–H groups in total. The molecule has 0 aromatic carbocycles. The summed E-state index contributed by atoms with van der Waals surface area (Å²) in [5.74, 6) is -0.0392. The Morgan fingerprint density at radius 3 is 2.43 bits per heavy atom. The molecular formula is C17H32N2O2. The van der Waals surface area contributed by atoms with Gasteiger partial charge in [0, 0.05) is 38.6 Å². The number of piperazine rings is 1. The van der Waals surface area contributed by atoms with Crippen molar-refractivity contribution in [1.29, 1.82) is 0 Å². The highest BCUT2D eigenvalue weighted by atomic mass is 16.5. The second-order valence-electron chi connectivity index (χ2n) is 6.43. The van der Waals surface area contributed by atoms with E-state index in [-0.39, 0.29) is 5.97 Å². The Morgan fingerprint density at radius 2 is 1.76 bits per heavy atom. The molecule has 122 valence electrons. The van der Waals surface area contributed by atoms with Crippen LogP contribution in [0.5, 0.6) is 0 Å². The number of ether oxygens (including phenoxy) is 1. The van der Waals surface area contributed by atoms with Gasteiger partial charge in [-0.3, -0.25) is 9.69 Å². The number of nitrogens with zero attached hydrogens (tertiary/aromatic N) is 2. The van der Waals surface area contributed by atoms with E-state index in [2.05, 4.69) is 9.80 Å². The molecule has 1 aliphatic heterocycles. The van der Waals surface area contributed by atoms with E-state index in [9.17, 15) is 4.79 Å². The maximum absolute atomic E-state index is 11.2. The number of unbranched alkanes of at least 4 members (excludes halogenated alkanes) is 2. The largest absolute Gasteiger partial charge is 0.466 e. The lowest BCUT2D eigenvalue weighted by Crippen LogP contribution is -2.49. The third kappa shape index (κ3) is 5.95. The molecule has 2 aliphatic rings. The molecule has 1 saturated heterocycles. The van der Waals surface area contributed by atoms with Crippen LogP contribution < -0.4 is 0 Å². The molecule has 4 heteroatoms. The number of hydrogen-bond acceptors (Lipinski definition) is 4. The van der Waals surface area contributed by atoms with Gasteiger partial charge >= 0.3 is 5.97 Å². The van der Waals surface area contributed by atoms with E-state index in [1.807, 2.05) is 6.92 Å². The Bertz CT molecular complexity index is 295. The Balaban J connectivity index is 1.48. The fourth-order valence-corrected chi connectivity index (χ4v) is 3.64. The molecule has 4 nitrogen and oxygen atoms in total. The molecule has 0 atom stereocenters. The van der Waals surface area contributed by atoms with Gasteiger partial charge in [0.05, 0.1) is 6.61 Å². The lowest BCUT2D eigenvalue weighted by molar-refractivity contribution is -0.143. The van der Waals surface area contributed by atoms with E-state index < -0.39 is 0 Å². The molecule has 1 saturated carbocycles. The topological polar surface area (TPSA) is 32.8 Å². The zero-order valence-electron chi connectivity index (χ0n) is 13.7. The van der Waals surface area contributed by atoms with Crippen molar-refractivity contribution in [3.05, 3.63) is 0 Å². The number of carbonyl (C=O) groups is 1. The average molecular weight is 296 g/mol. The van der Waals surface area contributed by atoms with Crippen LogP contribution >= 0.6 is 0 Å². The van der Waals surface area contributed by atoms with Gasteiger partial charge in [-0.2, -0.15) is 0 Å². The fraction of sp³-hybridized carbons (Fsp3) is 0.941. The highest BCUT2D eigenvalue weighted by Gasteiger charge is 2.25. The van der Waals surface area contributed by atoms with Gasteiger partial charge in [-0.25, -0.2) is 0 Å². The van der Waals surface area contributed by atoms with Crippen LogP contribution in [0.1, 0.15) is 58.3 Å². The van der Waals surface area contributed by atoms with E-state index >= 15 is 0 Å². The fourth-order valence-electron chi connectivity index (χ4n) is 3.64. The molecule has 21 heavy (non-hydrogen) atoms. The van der Waals surface area contributed by atoms with E-state index in [1.165, 1.54) is 64.8 Å². The van der Waals surface area contributed by atoms with Gasteiger partial charge < -0.3 is 9.64 Å². The van der Waals surface area contributed by atoms with Crippen molar-refractivity contribution >= 4 is 5.97 Å². The second kappa shape index (κ2) is 9.42. The molecule has 0 amide bonds. The molecule has 1 aliphatic carbocycles. The number of hydrogen-bond donors (Lipinski definition) is 0. The van der Waals surface area contributed by atoms with Crippen LogP contribution in [0.4, 0.5) is 0 Å². The Hall–Kier alpha value is -0.610. The first kappa shape index (κ1) is 16.8. The standard InChI is InChI=1S/C17H32N2O2/c1-2-21-17(20)10-4-3-7-11-18-12-14-19(15-13-18)16-8-5-6-9-16/h16H,2-15H2,1H3. The van der Waals surface area contributed by atoms with Gasteiger partial charge in [0.15, 0.2) is 0 Å². The Morgan fingerprint density at radius 1 is 1.05 bits per heavy atom. The summed E-state index contributed by atoms with van der Waals surface area (Å²) in [6.07, 6.45) is 9.63. The first-order valence-electron chi connectivity index (χ1n) is 8.91. The van der Waals surface area contributed by atoms with Crippen LogP contribution in [0.25, 0.3) is 0 Å². The molecule has 2 rings (SSSR count). The summed E-state index contributed by atoms with van der Waals surface area (Å²) < 4.78 is 4.94. The monoisotopic (exact) mass is 296 g/mol. The van der Waals surface area contributed by atoms with E-state index in [4.69, 9.17) is 4.74 Å². The summed E-state index contributed by atoms with van der Waals surface area (Å²) in [6.45, 7) is 8.54. The van der Waals surface area contributed by atoms with Gasteiger partial charge in [0.25, 0.3) is 0 Å². The highest BCUT2D eigenvalue weighted by Crippen LogP contribution is 2.24. The minimum atomic E-state index is -0.0392. The predicted octanol–water partition coefficient (Wildman–Crippen LogP) is 2.67. The van der Waals surface area contributed by atoms with Gasteiger partial charge in [-0.1, -0.05) is 19.3 Å². The van der Waals surface area contributed by atoms with E-state index in [1.54, 1.807) is 0 Å². The number of rotatable bonds is 8. The second-order valence-corrected chi connectivity index (χ2v) is 6.43. The summed E-state index contributed by atoms with van der Waals surface area (Å²) in [5, 5.41) is 0. The van der Waals surface area contributed by atoms with Crippen LogP contribution in [0.15, 0.2) is 0 Å². The number of carbonyl (C=O) groups excluding carboxylic acids is 1. The maximum atomic E-state index is 11.2. The van der Waals surface area contributed by atoms with Gasteiger partial charge in [0.2, 0.25) is 0 Å². The van der Waals surface area contributed by atoms with Crippen molar-refractivity contribution < 1.29 is 9.53 Å². The molecule has 0 spiro atoms. The van der Waals surface area contributed by atoms with E-state index in [0.29, 0.717) is 13.0 Å². The van der Waals surface area contributed by atoms with Gasteiger partial charge in [0.1, 0.15) is 0 Å². The quantitative estimate of drug-likeness (QED) is 0.509. The molecule has 0 aromatic rings. The summed E-state index contributed by atoms with van der Waals surface area (Å²) in [6, 6.07) is 0.886. The molecule has 0 unspecified atom stereocenters. The van der Waals surface area contributed by atoms with Crippen molar-refractivity contribution in [1.82, 2.24) is 9.80 Å². The van der Waals surface area contributed by atoms with E-state index in [0.717, 1.165) is 18.9 Å². The molecule has 0 radical (unpaired) electrons. The molecular weight excluding hydrogens is 264 g/mol. The van der Waals surface area contributed by atoms with Crippen molar-refractivity contribution in [2.24, 2.45) is 0 Å². The van der Waals surface area contributed by atoms with Crippen LogP contribution in [-0.4, -0.2) is 61.1 Å². The molecule has 0 aromatic heterocycles. The van der Waals surface area contributed by atoms with Gasteiger partial charge in [-0.15, -0.1) is 0 Å². The smallest absolute Gasteiger partial charge is 0.305 e. The van der Waals surface area contributed by atoms with Crippen molar-refractivity contribution in [2.75, 3.05) is 39.3 Å². The highest BCUT2D eigenvalue weighted by molar-refractivity contribution is 5.69. The van der Waals surface area contributed by atoms with Crippen LogP contribution in [-0.2, 0) is 9.53 Å². The van der Waals surface area contributed by atoms with Crippen molar-refractivity contribution in [3.63, 3.8) is 0 Å². The SMILES string of the molecule is CCOC(=O)CCCCCN1CCN(C2CCCC2)CC1. The predicted molar refractivity (Wildman–Crippen MR) is 85.4 cm³/mol. The normalized spacial score (nSPS) is 21.8. The molecule has 1 heterocycles. The van der Waals surface area contributed by atoms with Crippen LogP contribution in [0.3, 0.4) is 0 Å². The van der Waals surface area contributed by atoms with Gasteiger partial charge in [-0.05, 0) is 39.2 Å². The Kier molecular flexibility index (Phi) is 7.51. The summed E-state index contributed by atoms with van der Waals surface area (Å²) in [5.41, 5.74) is 0. The average Bonchev–Trinajstić information content (AvgIpc) is 3.02. The summed E-state index contributed by atoms with van der Waals surface area (Å²) >= 11 is 0. The van der Waals surface area contributed by atoms with Crippen molar-refractivity contribution in [3.8, 4) is 0 Å². The minimum absolute atomic E-state index is 0.0392. The zero-order valence-corrected chi connectivity index (χ0v) is 13.7. The van der Waals surface area contributed by atoms with Crippen LogP contribution in [0.2, 0.25) is 0 Å². The maximum Gasteiger partial charge on any atom is 0.305 e. The van der Waals surface area contributed by atoms with Crippen LogP contribution in [0, 0.1) is 0 Å². The van der Waals surface area contributed by atoms with Crippen molar-refractivity contribution in [2.45, 2.75) is 64.3 Å². The first-order valence-corrected chi connectivity index (χ1v) is 8.91. The third-order valence-electron chi connectivity index (χ3n) is 4.91. The first-order chi connectivity index (χ1) is 10.3. The lowest BCUT2D eigenvalue weighted by Gasteiger charge is -2.38. The third-order valence-corrected chi connectivity index (χ3v) is 4.91. The lowest BCUT2D eigenvalue weighted by atomic mass is 10.1. The minimum Gasteiger partial charge on any atom is -0.466 e. The number of esters is 1.